The zero-order valence-electron chi connectivity index (χ0n) is 14.4. The van der Waals surface area contributed by atoms with Crippen molar-refractivity contribution >= 4 is 23.6 Å². The molecule has 2 aromatic rings. The maximum atomic E-state index is 12.0. The highest BCUT2D eigenvalue weighted by molar-refractivity contribution is 6.01. The molecule has 0 fully saturated rings. The molecule has 2 aromatic carbocycles. The maximum absolute atomic E-state index is 12.0. The topological polar surface area (TPSA) is 81.4 Å². The molecule has 0 heterocycles. The van der Waals surface area contributed by atoms with Crippen LogP contribution in [0.4, 0.5) is 5.69 Å². The predicted octanol–water partition coefficient (Wildman–Crippen LogP) is 3.33. The summed E-state index contributed by atoms with van der Waals surface area (Å²) in [7, 11) is 0. The summed E-state index contributed by atoms with van der Waals surface area (Å²) in [6.07, 6.45) is 3.18. The minimum absolute atomic E-state index is 0.160. The zero-order chi connectivity index (χ0) is 18.2. The van der Waals surface area contributed by atoms with Crippen LogP contribution in [0.2, 0.25) is 0 Å². The van der Waals surface area contributed by atoms with E-state index in [4.69, 9.17) is 10.5 Å². The number of carbonyl (C=O) groups is 2. The van der Waals surface area contributed by atoms with Crippen molar-refractivity contribution in [3.63, 3.8) is 0 Å². The molecule has 2 rings (SSSR count). The number of hydrogen-bond donors (Lipinski definition) is 2. The van der Waals surface area contributed by atoms with Gasteiger partial charge in [0.15, 0.2) is 6.61 Å². The molecule has 0 aliphatic carbocycles. The summed E-state index contributed by atoms with van der Waals surface area (Å²) in [6, 6.07) is 14.8. The van der Waals surface area contributed by atoms with Crippen molar-refractivity contribution in [1.82, 2.24) is 0 Å². The van der Waals surface area contributed by atoms with Gasteiger partial charge in [0.1, 0.15) is 5.75 Å². The highest BCUT2D eigenvalue weighted by Crippen LogP contribution is 2.18. The van der Waals surface area contributed by atoms with E-state index < -0.39 is 5.91 Å². The molecule has 2 amide bonds. The molecule has 5 nitrogen and oxygen atoms in total. The molecule has 0 aliphatic heterocycles. The lowest BCUT2D eigenvalue weighted by atomic mass is 10.0. The third-order valence-corrected chi connectivity index (χ3v) is 3.51. The Morgan fingerprint density at radius 2 is 1.88 bits per heavy atom. The van der Waals surface area contributed by atoms with Crippen LogP contribution in [0.5, 0.6) is 5.75 Å². The van der Waals surface area contributed by atoms with Crippen LogP contribution >= 0.6 is 0 Å². The molecule has 0 aromatic heterocycles. The van der Waals surface area contributed by atoms with Crippen LogP contribution in [-0.2, 0) is 9.59 Å². The second-order valence-corrected chi connectivity index (χ2v) is 5.93. The van der Waals surface area contributed by atoms with E-state index in [-0.39, 0.29) is 12.5 Å². The fraction of sp³-hybridized carbons (Fsp3) is 0.200. The lowest BCUT2D eigenvalue weighted by molar-refractivity contribution is -0.120. The van der Waals surface area contributed by atoms with Gasteiger partial charge >= 0.3 is 0 Å². The predicted molar refractivity (Wildman–Crippen MR) is 99.3 cm³/mol. The van der Waals surface area contributed by atoms with Gasteiger partial charge in [0, 0.05) is 11.8 Å². The average Bonchev–Trinajstić information content (AvgIpc) is 2.59. The van der Waals surface area contributed by atoms with E-state index in [1.807, 2.05) is 24.3 Å². The van der Waals surface area contributed by atoms with Crippen LogP contribution in [-0.4, -0.2) is 18.4 Å². The Morgan fingerprint density at radius 1 is 1.16 bits per heavy atom. The molecule has 0 unspecified atom stereocenters. The van der Waals surface area contributed by atoms with Gasteiger partial charge in [0.2, 0.25) is 5.91 Å². The molecule has 5 heteroatoms. The minimum atomic E-state index is -0.526. The first-order valence-corrected chi connectivity index (χ1v) is 8.04. The Bertz CT molecular complexity index is 765. The van der Waals surface area contributed by atoms with Crippen LogP contribution in [0.25, 0.3) is 6.08 Å². The van der Waals surface area contributed by atoms with Crippen LogP contribution in [0.1, 0.15) is 30.9 Å². The zero-order valence-corrected chi connectivity index (χ0v) is 14.4. The van der Waals surface area contributed by atoms with Gasteiger partial charge in [0.25, 0.3) is 5.91 Å². The molecule has 130 valence electrons. The van der Waals surface area contributed by atoms with E-state index in [9.17, 15) is 9.59 Å². The number of carbonyl (C=O) groups excluding carboxylic acids is 2. The molecule has 0 radical (unpaired) electrons. The first-order valence-electron chi connectivity index (χ1n) is 8.04. The Morgan fingerprint density at radius 3 is 2.52 bits per heavy atom. The number of primary amides is 1. The first kappa shape index (κ1) is 18.3. The summed E-state index contributed by atoms with van der Waals surface area (Å²) in [5.41, 5.74) is 7.81. The van der Waals surface area contributed by atoms with E-state index in [0.29, 0.717) is 11.7 Å². The number of rotatable bonds is 7. The standard InChI is InChI=1S/C20H22N2O3/c1-14(2)16-4-3-5-17(12-16)22-20(24)11-8-15-6-9-18(10-7-15)25-13-19(21)23/h3-12,14H,13H2,1-2H3,(H2,21,23)(H,22,24). The Hall–Kier alpha value is -3.08. The summed E-state index contributed by atoms with van der Waals surface area (Å²) in [6.45, 7) is 4.06. The third-order valence-electron chi connectivity index (χ3n) is 3.51. The second kappa shape index (κ2) is 8.68. The summed E-state index contributed by atoms with van der Waals surface area (Å²) in [5.74, 6) is 0.228. The summed E-state index contributed by atoms with van der Waals surface area (Å²) in [4.78, 5) is 22.7. The SMILES string of the molecule is CC(C)c1cccc(NC(=O)C=Cc2ccc(OCC(N)=O)cc2)c1. The molecule has 0 spiro atoms. The van der Waals surface area contributed by atoms with Gasteiger partial charge in [-0.3, -0.25) is 9.59 Å². The number of ether oxygens (including phenoxy) is 1. The van der Waals surface area contributed by atoms with Crippen LogP contribution in [0.3, 0.4) is 0 Å². The molecule has 25 heavy (non-hydrogen) atoms. The lowest BCUT2D eigenvalue weighted by Gasteiger charge is -2.08. The van der Waals surface area contributed by atoms with Gasteiger partial charge in [-0.1, -0.05) is 38.1 Å². The molecular formula is C20H22N2O3. The molecule has 0 atom stereocenters. The Balaban J connectivity index is 1.93. The highest BCUT2D eigenvalue weighted by Gasteiger charge is 2.02. The number of nitrogens with two attached hydrogens (primary N) is 1. The van der Waals surface area contributed by atoms with Crippen LogP contribution < -0.4 is 15.8 Å². The quantitative estimate of drug-likeness (QED) is 0.760. The molecule has 0 saturated heterocycles. The van der Waals surface area contributed by atoms with Gasteiger partial charge in [0.05, 0.1) is 0 Å². The fourth-order valence-corrected chi connectivity index (χ4v) is 2.16. The van der Waals surface area contributed by atoms with Gasteiger partial charge in [-0.25, -0.2) is 0 Å². The third kappa shape index (κ3) is 6.14. The van der Waals surface area contributed by atoms with E-state index in [0.717, 1.165) is 11.3 Å². The normalized spacial score (nSPS) is 10.8. The van der Waals surface area contributed by atoms with Gasteiger partial charge in [-0.15, -0.1) is 0 Å². The summed E-state index contributed by atoms with van der Waals surface area (Å²) >= 11 is 0. The highest BCUT2D eigenvalue weighted by atomic mass is 16.5. The van der Waals surface area contributed by atoms with Crippen molar-refractivity contribution in [2.45, 2.75) is 19.8 Å². The average molecular weight is 338 g/mol. The van der Waals surface area contributed by atoms with E-state index >= 15 is 0 Å². The van der Waals surface area contributed by atoms with E-state index in [2.05, 4.69) is 19.2 Å². The Kier molecular flexibility index (Phi) is 6.34. The molecule has 0 saturated carbocycles. The monoisotopic (exact) mass is 338 g/mol. The fourth-order valence-electron chi connectivity index (χ4n) is 2.16. The second-order valence-electron chi connectivity index (χ2n) is 5.93. The van der Waals surface area contributed by atoms with Crippen LogP contribution in [0, 0.1) is 0 Å². The van der Waals surface area contributed by atoms with Crippen molar-refractivity contribution in [1.29, 1.82) is 0 Å². The number of nitrogens with one attached hydrogen (secondary N) is 1. The summed E-state index contributed by atoms with van der Waals surface area (Å²) in [5, 5.41) is 2.85. The molecule has 0 bridgehead atoms. The molecule has 0 aliphatic rings. The Labute approximate surface area is 147 Å². The van der Waals surface area contributed by atoms with Crippen LogP contribution in [0.15, 0.2) is 54.6 Å². The van der Waals surface area contributed by atoms with Crippen molar-refractivity contribution in [2.75, 3.05) is 11.9 Å². The van der Waals surface area contributed by atoms with Crippen molar-refractivity contribution in [3.05, 3.63) is 65.7 Å². The number of hydrogen-bond acceptors (Lipinski definition) is 3. The number of amides is 2. The number of anilines is 1. The van der Waals surface area contributed by atoms with Crippen molar-refractivity contribution in [3.8, 4) is 5.75 Å². The lowest BCUT2D eigenvalue weighted by Crippen LogP contribution is -2.19. The largest absolute Gasteiger partial charge is 0.484 e. The number of benzene rings is 2. The van der Waals surface area contributed by atoms with E-state index in [1.54, 1.807) is 30.3 Å². The molecular weight excluding hydrogens is 316 g/mol. The van der Waals surface area contributed by atoms with Crippen molar-refractivity contribution < 1.29 is 14.3 Å². The smallest absolute Gasteiger partial charge is 0.255 e. The first-order chi connectivity index (χ1) is 11.9. The summed E-state index contributed by atoms with van der Waals surface area (Å²) < 4.78 is 5.18. The van der Waals surface area contributed by atoms with Gasteiger partial charge in [-0.05, 0) is 47.4 Å². The minimum Gasteiger partial charge on any atom is -0.484 e. The van der Waals surface area contributed by atoms with Crippen molar-refractivity contribution in [2.24, 2.45) is 5.73 Å². The maximum Gasteiger partial charge on any atom is 0.255 e. The molecule has 3 N–H and O–H groups in total. The van der Waals surface area contributed by atoms with E-state index in [1.165, 1.54) is 11.6 Å². The van der Waals surface area contributed by atoms with Gasteiger partial charge < -0.3 is 15.8 Å². The van der Waals surface area contributed by atoms with Gasteiger partial charge in [-0.2, -0.15) is 0 Å².